The summed E-state index contributed by atoms with van der Waals surface area (Å²) in [5, 5.41) is 4.94. The normalized spacial score (nSPS) is 11.2. The highest BCUT2D eigenvalue weighted by Crippen LogP contribution is 2.48. The van der Waals surface area contributed by atoms with Crippen LogP contribution in [0.3, 0.4) is 0 Å². The maximum Gasteiger partial charge on any atom is 0.0546 e. The van der Waals surface area contributed by atoms with Crippen LogP contribution in [0.15, 0.2) is 237 Å². The highest BCUT2D eigenvalue weighted by atomic mass is 15.1. The molecule has 10 aromatic carbocycles. The molecular weight excluding hydrogens is 687 g/mol. The van der Waals surface area contributed by atoms with E-state index in [0.717, 1.165) is 33.8 Å². The maximum atomic E-state index is 2.47. The Morgan fingerprint density at radius 1 is 0.228 bits per heavy atom. The van der Waals surface area contributed by atoms with Crippen LogP contribution in [0.1, 0.15) is 0 Å². The molecule has 0 spiro atoms. The summed E-state index contributed by atoms with van der Waals surface area (Å²) in [6, 6.07) is 85.8. The van der Waals surface area contributed by atoms with Crippen molar-refractivity contribution in [3.8, 4) is 55.6 Å². The molecule has 0 aromatic heterocycles. The van der Waals surface area contributed by atoms with E-state index < -0.39 is 0 Å². The summed E-state index contributed by atoms with van der Waals surface area (Å²) in [4.78, 5) is 2.47. The van der Waals surface area contributed by atoms with Gasteiger partial charge in [-0.1, -0.05) is 206 Å². The quantitative estimate of drug-likeness (QED) is 0.151. The minimum absolute atomic E-state index is 1.08. The van der Waals surface area contributed by atoms with E-state index in [2.05, 4.69) is 241 Å². The van der Waals surface area contributed by atoms with E-state index in [1.54, 1.807) is 0 Å². The van der Waals surface area contributed by atoms with Gasteiger partial charge in [0.2, 0.25) is 0 Å². The molecule has 10 rings (SSSR count). The zero-order valence-electron chi connectivity index (χ0n) is 31.5. The predicted octanol–water partition coefficient (Wildman–Crippen LogP) is 15.8. The molecule has 0 aliphatic rings. The van der Waals surface area contributed by atoms with Crippen molar-refractivity contribution in [3.63, 3.8) is 0 Å². The molecule has 268 valence electrons. The number of para-hydroxylation sites is 1. The first-order valence-corrected chi connectivity index (χ1v) is 19.6. The van der Waals surface area contributed by atoms with E-state index in [1.807, 2.05) is 0 Å². The van der Waals surface area contributed by atoms with E-state index in [0.29, 0.717) is 0 Å². The first-order valence-electron chi connectivity index (χ1n) is 19.6. The highest BCUT2D eigenvalue weighted by Gasteiger charge is 2.23. The molecule has 0 heterocycles. The van der Waals surface area contributed by atoms with Crippen LogP contribution in [-0.2, 0) is 0 Å². The molecule has 0 unspecified atom stereocenters. The molecule has 10 aromatic rings. The Bertz CT molecular complexity index is 2980. The van der Waals surface area contributed by atoms with Crippen molar-refractivity contribution in [2.24, 2.45) is 0 Å². The minimum Gasteiger partial charge on any atom is -0.309 e. The summed E-state index contributed by atoms with van der Waals surface area (Å²) in [6.45, 7) is 0. The molecule has 0 aliphatic carbocycles. The Labute approximate surface area is 334 Å². The van der Waals surface area contributed by atoms with Crippen LogP contribution in [0.5, 0.6) is 0 Å². The maximum absolute atomic E-state index is 2.47. The molecular formula is C56H39N. The molecule has 0 bridgehead atoms. The van der Waals surface area contributed by atoms with Gasteiger partial charge in [-0.05, 0) is 96.4 Å². The average Bonchev–Trinajstić information content (AvgIpc) is 3.30. The monoisotopic (exact) mass is 725 g/mol. The largest absolute Gasteiger partial charge is 0.309 e. The van der Waals surface area contributed by atoms with Gasteiger partial charge in [-0.3, -0.25) is 0 Å². The Morgan fingerprint density at radius 2 is 0.719 bits per heavy atom. The van der Waals surface area contributed by atoms with E-state index in [1.165, 1.54) is 60.5 Å². The summed E-state index contributed by atoms with van der Waals surface area (Å²) >= 11 is 0. The summed E-state index contributed by atoms with van der Waals surface area (Å²) < 4.78 is 0. The van der Waals surface area contributed by atoms with E-state index in [-0.39, 0.29) is 0 Å². The van der Waals surface area contributed by atoms with Gasteiger partial charge in [0, 0.05) is 16.8 Å². The average molecular weight is 726 g/mol. The van der Waals surface area contributed by atoms with Gasteiger partial charge in [0.05, 0.1) is 11.4 Å². The van der Waals surface area contributed by atoms with Crippen molar-refractivity contribution in [1.29, 1.82) is 0 Å². The van der Waals surface area contributed by atoms with Crippen molar-refractivity contribution in [2.75, 3.05) is 4.90 Å². The van der Waals surface area contributed by atoms with Crippen molar-refractivity contribution >= 4 is 38.6 Å². The smallest absolute Gasteiger partial charge is 0.0546 e. The number of hydrogen-bond acceptors (Lipinski definition) is 1. The molecule has 0 aliphatic heterocycles. The molecule has 0 N–H and O–H groups in total. The Hall–Kier alpha value is -7.48. The lowest BCUT2D eigenvalue weighted by Crippen LogP contribution is -2.13. The van der Waals surface area contributed by atoms with Crippen LogP contribution in [0.4, 0.5) is 17.1 Å². The second-order valence-electron chi connectivity index (χ2n) is 14.5. The first-order chi connectivity index (χ1) is 28.3. The minimum atomic E-state index is 1.08. The molecule has 1 nitrogen and oxygen atoms in total. The topological polar surface area (TPSA) is 3.24 Å². The third-order valence-corrected chi connectivity index (χ3v) is 11.1. The zero-order valence-corrected chi connectivity index (χ0v) is 31.5. The Balaban J connectivity index is 1.22. The highest BCUT2D eigenvalue weighted by molar-refractivity contribution is 6.09. The number of hydrogen-bond donors (Lipinski definition) is 0. The van der Waals surface area contributed by atoms with Gasteiger partial charge in [0.15, 0.2) is 0 Å². The van der Waals surface area contributed by atoms with Gasteiger partial charge in [0.25, 0.3) is 0 Å². The van der Waals surface area contributed by atoms with Crippen molar-refractivity contribution in [2.45, 2.75) is 0 Å². The molecule has 0 amide bonds. The van der Waals surface area contributed by atoms with Gasteiger partial charge < -0.3 is 4.90 Å². The fourth-order valence-corrected chi connectivity index (χ4v) is 8.29. The fourth-order valence-electron chi connectivity index (χ4n) is 8.29. The zero-order chi connectivity index (χ0) is 38.0. The SMILES string of the molecule is c1ccc(-c2ccc(-c3ccccc3)c(N(c3ccc(-c4ccc5ccccc5c4)cc3)c3ccccc3-c3cccc4cccc(-c5ccccc5)c34)c2)cc1. The summed E-state index contributed by atoms with van der Waals surface area (Å²) in [5.41, 5.74) is 15.1. The Morgan fingerprint density at radius 3 is 1.44 bits per heavy atom. The summed E-state index contributed by atoms with van der Waals surface area (Å²) in [7, 11) is 0. The molecule has 1 heteroatoms. The van der Waals surface area contributed by atoms with Crippen LogP contribution in [0.25, 0.3) is 77.2 Å². The van der Waals surface area contributed by atoms with Gasteiger partial charge in [-0.2, -0.15) is 0 Å². The molecule has 0 fully saturated rings. The Kier molecular flexibility index (Phi) is 8.95. The second-order valence-corrected chi connectivity index (χ2v) is 14.5. The van der Waals surface area contributed by atoms with Crippen LogP contribution in [0.2, 0.25) is 0 Å². The fraction of sp³-hybridized carbons (Fsp3) is 0. The van der Waals surface area contributed by atoms with Crippen LogP contribution >= 0.6 is 0 Å². The number of rotatable bonds is 8. The van der Waals surface area contributed by atoms with Gasteiger partial charge in [0.1, 0.15) is 0 Å². The van der Waals surface area contributed by atoms with Gasteiger partial charge in [-0.15, -0.1) is 0 Å². The molecule has 57 heavy (non-hydrogen) atoms. The van der Waals surface area contributed by atoms with Crippen molar-refractivity contribution < 1.29 is 0 Å². The van der Waals surface area contributed by atoms with Crippen LogP contribution < -0.4 is 4.90 Å². The summed E-state index contributed by atoms with van der Waals surface area (Å²) in [5.74, 6) is 0. The van der Waals surface area contributed by atoms with Crippen LogP contribution in [-0.4, -0.2) is 0 Å². The van der Waals surface area contributed by atoms with Crippen molar-refractivity contribution in [1.82, 2.24) is 0 Å². The second kappa shape index (κ2) is 15.0. The van der Waals surface area contributed by atoms with E-state index in [9.17, 15) is 0 Å². The first kappa shape index (κ1) is 34.0. The van der Waals surface area contributed by atoms with Gasteiger partial charge >= 0.3 is 0 Å². The molecule has 0 atom stereocenters. The van der Waals surface area contributed by atoms with Crippen molar-refractivity contribution in [3.05, 3.63) is 237 Å². The molecule has 0 radical (unpaired) electrons. The summed E-state index contributed by atoms with van der Waals surface area (Å²) in [6.07, 6.45) is 0. The molecule has 0 saturated carbocycles. The number of benzene rings is 10. The third kappa shape index (κ3) is 6.56. The standard InChI is InChI=1S/C56H39N/c1-4-16-40(17-5-1)48-34-37-50(43-19-6-2-7-20-43)55(39-48)57(49-35-32-42(33-36-49)47-31-30-41-18-10-11-23-46(41)38-47)54-29-13-12-26-52(54)53-28-15-25-45-24-14-27-51(56(45)53)44-21-8-3-9-22-44/h1-39H. The lowest BCUT2D eigenvalue weighted by molar-refractivity contribution is 1.28. The number of fused-ring (bicyclic) bond motifs is 2. The van der Waals surface area contributed by atoms with E-state index in [4.69, 9.17) is 0 Å². The number of nitrogens with zero attached hydrogens (tertiary/aromatic N) is 1. The predicted molar refractivity (Wildman–Crippen MR) is 243 cm³/mol. The van der Waals surface area contributed by atoms with Gasteiger partial charge in [-0.25, -0.2) is 0 Å². The molecule has 0 saturated heterocycles. The lowest BCUT2D eigenvalue weighted by atomic mass is 9.90. The number of anilines is 3. The van der Waals surface area contributed by atoms with Crippen LogP contribution in [0, 0.1) is 0 Å². The van der Waals surface area contributed by atoms with E-state index >= 15 is 0 Å². The lowest BCUT2D eigenvalue weighted by Gasteiger charge is -2.31. The third-order valence-electron chi connectivity index (χ3n) is 11.1.